The molecule has 0 fully saturated rings. The minimum Gasteiger partial charge on any atom is -0.492 e. The second-order valence-corrected chi connectivity index (χ2v) is 5.73. The van der Waals surface area contributed by atoms with Crippen molar-refractivity contribution >= 4 is 11.7 Å². The summed E-state index contributed by atoms with van der Waals surface area (Å²) in [5.74, 6) is -0.264. The lowest BCUT2D eigenvalue weighted by atomic mass is 10.1. The monoisotopic (exact) mass is 403 g/mol. The molecule has 150 valence electrons. The van der Waals surface area contributed by atoms with Crippen molar-refractivity contribution in [1.82, 2.24) is 9.97 Å². The maximum Gasteiger partial charge on any atom is 0.378 e. The summed E-state index contributed by atoms with van der Waals surface area (Å²) in [4.78, 5) is 20.4. The van der Waals surface area contributed by atoms with Crippen molar-refractivity contribution in [3.63, 3.8) is 0 Å². The van der Waals surface area contributed by atoms with Gasteiger partial charge in [-0.25, -0.2) is 14.8 Å². The first-order chi connectivity index (χ1) is 14.7. The lowest BCUT2D eigenvalue weighted by Gasteiger charge is -2.14. The Morgan fingerprint density at radius 2 is 1.63 bits per heavy atom. The number of ether oxygens (including phenoxy) is 4. The van der Waals surface area contributed by atoms with Gasteiger partial charge in [-0.15, -0.1) is 0 Å². The molecule has 8 nitrogen and oxygen atoms in total. The Morgan fingerprint density at radius 3 is 2.33 bits per heavy atom. The summed E-state index contributed by atoms with van der Waals surface area (Å²) in [6.07, 6.45) is 1.21. The van der Waals surface area contributed by atoms with Crippen molar-refractivity contribution in [1.29, 1.82) is 5.26 Å². The van der Waals surface area contributed by atoms with Crippen LogP contribution in [0.4, 0.5) is 0 Å². The molecule has 0 saturated carbocycles. The first kappa shape index (κ1) is 20.4. The minimum absolute atomic E-state index is 0.0281. The molecular formula is C22H17N3O5. The average molecular weight is 403 g/mol. The summed E-state index contributed by atoms with van der Waals surface area (Å²) in [5.41, 5.74) is 0.966. The maximum absolute atomic E-state index is 12.4. The Morgan fingerprint density at radius 1 is 0.933 bits per heavy atom. The number of methoxy groups -OCH3 is 2. The molecule has 0 unspecified atom stereocenters. The summed E-state index contributed by atoms with van der Waals surface area (Å²) in [5, 5.41) is 9.20. The van der Waals surface area contributed by atoms with Crippen LogP contribution in [-0.2, 0) is 14.3 Å². The molecule has 2 aromatic carbocycles. The normalized spacial score (nSPS) is 11.0. The van der Waals surface area contributed by atoms with Gasteiger partial charge in [-0.1, -0.05) is 42.5 Å². The van der Waals surface area contributed by atoms with Crippen LogP contribution >= 0.6 is 0 Å². The van der Waals surface area contributed by atoms with Gasteiger partial charge >= 0.3 is 5.97 Å². The second-order valence-electron chi connectivity index (χ2n) is 5.73. The van der Waals surface area contributed by atoms with E-state index in [-0.39, 0.29) is 23.3 Å². The molecule has 0 spiro atoms. The van der Waals surface area contributed by atoms with E-state index in [4.69, 9.17) is 18.9 Å². The Bertz CT molecular complexity index is 1110. The van der Waals surface area contributed by atoms with Crippen LogP contribution in [0.2, 0.25) is 0 Å². The SMILES string of the molecule is COC(=O)C(Oc1cc(Oc2ccccc2C#N)ncn1)=C(OC)c1ccccc1. The lowest BCUT2D eigenvalue weighted by molar-refractivity contribution is -0.138. The van der Waals surface area contributed by atoms with Gasteiger partial charge in [0, 0.05) is 5.56 Å². The molecule has 3 aromatic rings. The van der Waals surface area contributed by atoms with Crippen LogP contribution in [0.3, 0.4) is 0 Å². The molecule has 1 aromatic heterocycles. The van der Waals surface area contributed by atoms with Crippen molar-refractivity contribution in [2.45, 2.75) is 0 Å². The van der Waals surface area contributed by atoms with E-state index in [1.807, 2.05) is 12.1 Å². The van der Waals surface area contributed by atoms with Gasteiger partial charge in [-0.05, 0) is 12.1 Å². The fraction of sp³-hybridized carbons (Fsp3) is 0.0909. The maximum atomic E-state index is 12.4. The number of hydrogen-bond acceptors (Lipinski definition) is 8. The van der Waals surface area contributed by atoms with Crippen LogP contribution in [0, 0.1) is 11.3 Å². The number of benzene rings is 2. The number of carbonyl (C=O) groups is 1. The molecule has 0 aliphatic heterocycles. The quantitative estimate of drug-likeness (QED) is 0.334. The number of nitriles is 1. The van der Waals surface area contributed by atoms with E-state index in [1.165, 1.54) is 26.6 Å². The number of esters is 1. The smallest absolute Gasteiger partial charge is 0.378 e. The second kappa shape index (κ2) is 9.71. The molecule has 0 amide bonds. The Labute approximate surface area is 172 Å². The highest BCUT2D eigenvalue weighted by atomic mass is 16.6. The lowest BCUT2D eigenvalue weighted by Crippen LogP contribution is -2.15. The van der Waals surface area contributed by atoms with Gasteiger partial charge in [0.1, 0.15) is 18.1 Å². The molecule has 0 aliphatic carbocycles. The number of aromatic nitrogens is 2. The van der Waals surface area contributed by atoms with Gasteiger partial charge in [0.15, 0.2) is 5.76 Å². The van der Waals surface area contributed by atoms with E-state index < -0.39 is 5.97 Å². The summed E-state index contributed by atoms with van der Waals surface area (Å²) in [7, 11) is 2.65. The fourth-order valence-corrected chi connectivity index (χ4v) is 2.50. The van der Waals surface area contributed by atoms with Gasteiger partial charge in [0.05, 0.1) is 25.8 Å². The molecule has 0 atom stereocenters. The first-order valence-electron chi connectivity index (χ1n) is 8.75. The highest BCUT2D eigenvalue weighted by Gasteiger charge is 2.22. The number of hydrogen-bond donors (Lipinski definition) is 0. The molecule has 1 heterocycles. The van der Waals surface area contributed by atoms with E-state index in [0.29, 0.717) is 16.9 Å². The molecule has 0 bridgehead atoms. The third kappa shape index (κ3) is 4.72. The molecule has 0 radical (unpaired) electrons. The summed E-state index contributed by atoms with van der Waals surface area (Å²) >= 11 is 0. The Kier molecular flexibility index (Phi) is 6.59. The molecule has 0 aliphatic rings. The summed E-state index contributed by atoms with van der Waals surface area (Å²) in [6, 6.07) is 19.1. The van der Waals surface area contributed by atoms with E-state index in [9.17, 15) is 10.1 Å². The van der Waals surface area contributed by atoms with Gasteiger partial charge < -0.3 is 18.9 Å². The largest absolute Gasteiger partial charge is 0.492 e. The zero-order chi connectivity index (χ0) is 21.3. The van der Waals surface area contributed by atoms with Crippen molar-refractivity contribution in [3.05, 3.63) is 83.9 Å². The Balaban J connectivity index is 1.95. The predicted octanol–water partition coefficient (Wildman–Crippen LogP) is 3.71. The Hall–Kier alpha value is -4.38. The van der Waals surface area contributed by atoms with E-state index >= 15 is 0 Å². The van der Waals surface area contributed by atoms with Crippen LogP contribution in [0.15, 0.2) is 72.8 Å². The highest BCUT2D eigenvalue weighted by molar-refractivity contribution is 5.94. The van der Waals surface area contributed by atoms with Crippen LogP contribution in [-0.4, -0.2) is 30.2 Å². The zero-order valence-electron chi connectivity index (χ0n) is 16.2. The van der Waals surface area contributed by atoms with Gasteiger partial charge in [0.2, 0.25) is 11.8 Å². The molecule has 0 saturated heterocycles. The summed E-state index contributed by atoms with van der Waals surface area (Å²) < 4.78 is 21.6. The van der Waals surface area contributed by atoms with E-state index in [0.717, 1.165) is 0 Å². The number of para-hydroxylation sites is 1. The van der Waals surface area contributed by atoms with Crippen LogP contribution in [0.25, 0.3) is 5.76 Å². The standard InChI is InChI=1S/C22H17N3O5/c1-27-20(15-8-4-3-5-9-15)21(22(26)28-2)30-19-12-18(24-14-25-19)29-17-11-7-6-10-16(17)13-23/h3-12,14H,1-2H3. The van der Waals surface area contributed by atoms with Crippen molar-refractivity contribution in [2.24, 2.45) is 0 Å². The minimum atomic E-state index is -0.744. The number of rotatable bonds is 7. The first-order valence-corrected chi connectivity index (χ1v) is 8.75. The van der Waals surface area contributed by atoms with Crippen LogP contribution in [0.1, 0.15) is 11.1 Å². The van der Waals surface area contributed by atoms with Crippen molar-refractivity contribution in [2.75, 3.05) is 14.2 Å². The average Bonchev–Trinajstić information content (AvgIpc) is 2.79. The van der Waals surface area contributed by atoms with Crippen LogP contribution in [0.5, 0.6) is 17.5 Å². The van der Waals surface area contributed by atoms with Crippen LogP contribution < -0.4 is 9.47 Å². The third-order valence-corrected chi connectivity index (χ3v) is 3.86. The fourth-order valence-electron chi connectivity index (χ4n) is 2.50. The zero-order valence-corrected chi connectivity index (χ0v) is 16.2. The van der Waals surface area contributed by atoms with Gasteiger partial charge in [0.25, 0.3) is 5.76 Å². The van der Waals surface area contributed by atoms with Gasteiger partial charge in [-0.2, -0.15) is 5.26 Å². The highest BCUT2D eigenvalue weighted by Crippen LogP contribution is 2.27. The van der Waals surface area contributed by atoms with Crippen molar-refractivity contribution in [3.8, 4) is 23.6 Å². The molecule has 30 heavy (non-hydrogen) atoms. The molecule has 0 N–H and O–H groups in total. The topological polar surface area (TPSA) is 104 Å². The number of carbonyl (C=O) groups excluding carboxylic acids is 1. The number of nitrogens with zero attached hydrogens (tertiary/aromatic N) is 3. The van der Waals surface area contributed by atoms with Crippen molar-refractivity contribution < 1.29 is 23.7 Å². The molecule has 8 heteroatoms. The molecule has 3 rings (SSSR count). The van der Waals surface area contributed by atoms with E-state index in [1.54, 1.807) is 48.5 Å². The van der Waals surface area contributed by atoms with E-state index in [2.05, 4.69) is 9.97 Å². The summed E-state index contributed by atoms with van der Waals surface area (Å²) in [6.45, 7) is 0. The third-order valence-electron chi connectivity index (χ3n) is 3.86. The molecular weight excluding hydrogens is 386 g/mol. The predicted molar refractivity (Wildman–Crippen MR) is 106 cm³/mol. The van der Waals surface area contributed by atoms with Gasteiger partial charge in [-0.3, -0.25) is 0 Å².